The number of nitrogens with one attached hydrogen (secondary N) is 1. The number of rotatable bonds is 5. The van der Waals surface area contributed by atoms with Gasteiger partial charge in [-0.15, -0.1) is 0 Å². The van der Waals surface area contributed by atoms with Crippen LogP contribution >= 0.6 is 0 Å². The van der Waals surface area contributed by atoms with Crippen molar-refractivity contribution in [2.24, 2.45) is 0 Å². The van der Waals surface area contributed by atoms with Crippen LogP contribution < -0.4 is 10.1 Å². The van der Waals surface area contributed by atoms with Gasteiger partial charge in [0.05, 0.1) is 0 Å². The van der Waals surface area contributed by atoms with E-state index in [0.717, 1.165) is 6.42 Å². The van der Waals surface area contributed by atoms with E-state index in [1.807, 2.05) is 0 Å². The SMILES string of the molecule is CC1(C(=O)Nc2cccc(OCC(=O)O)c2)CCCO1. The summed E-state index contributed by atoms with van der Waals surface area (Å²) in [7, 11) is 0. The second-order valence-electron chi connectivity index (χ2n) is 4.85. The van der Waals surface area contributed by atoms with Crippen LogP contribution in [0.1, 0.15) is 19.8 Å². The van der Waals surface area contributed by atoms with Gasteiger partial charge >= 0.3 is 5.97 Å². The molecule has 1 aliphatic rings. The molecule has 0 bridgehead atoms. The Morgan fingerprint density at radius 2 is 2.30 bits per heavy atom. The maximum atomic E-state index is 12.1. The number of amides is 1. The highest BCUT2D eigenvalue weighted by Crippen LogP contribution is 2.27. The normalized spacial score (nSPS) is 21.4. The Kier molecular flexibility index (Phi) is 4.24. The van der Waals surface area contributed by atoms with E-state index in [0.29, 0.717) is 24.5 Å². The van der Waals surface area contributed by atoms with E-state index in [1.165, 1.54) is 0 Å². The average Bonchev–Trinajstić information content (AvgIpc) is 2.85. The van der Waals surface area contributed by atoms with Crippen LogP contribution in [-0.2, 0) is 14.3 Å². The maximum absolute atomic E-state index is 12.1. The van der Waals surface area contributed by atoms with Crippen molar-refractivity contribution in [1.29, 1.82) is 0 Å². The van der Waals surface area contributed by atoms with Crippen LogP contribution in [-0.4, -0.2) is 35.8 Å². The van der Waals surface area contributed by atoms with Gasteiger partial charge < -0.3 is 19.9 Å². The van der Waals surface area contributed by atoms with Gasteiger partial charge in [0.25, 0.3) is 5.91 Å². The molecule has 1 unspecified atom stereocenters. The molecule has 1 fully saturated rings. The molecule has 1 amide bonds. The Hall–Kier alpha value is -2.08. The van der Waals surface area contributed by atoms with Crippen LogP contribution in [0.25, 0.3) is 0 Å². The summed E-state index contributed by atoms with van der Waals surface area (Å²) in [6, 6.07) is 6.61. The Labute approximate surface area is 116 Å². The molecule has 6 heteroatoms. The minimum atomic E-state index is -1.05. The summed E-state index contributed by atoms with van der Waals surface area (Å²) in [4.78, 5) is 22.6. The summed E-state index contributed by atoms with van der Waals surface area (Å²) in [6.45, 7) is 1.93. The van der Waals surface area contributed by atoms with Gasteiger partial charge in [-0.05, 0) is 31.9 Å². The predicted octanol–water partition coefficient (Wildman–Crippen LogP) is 1.66. The lowest BCUT2D eigenvalue weighted by molar-refractivity contribution is -0.139. The first kappa shape index (κ1) is 14.3. The number of anilines is 1. The number of hydrogen-bond donors (Lipinski definition) is 2. The Morgan fingerprint density at radius 3 is 2.95 bits per heavy atom. The molecule has 1 saturated heterocycles. The van der Waals surface area contributed by atoms with Crippen LogP contribution in [0.15, 0.2) is 24.3 Å². The number of carboxylic acids is 1. The smallest absolute Gasteiger partial charge is 0.341 e. The van der Waals surface area contributed by atoms with E-state index < -0.39 is 18.2 Å². The highest BCUT2D eigenvalue weighted by atomic mass is 16.5. The monoisotopic (exact) mass is 279 g/mol. The predicted molar refractivity (Wildman–Crippen MR) is 71.8 cm³/mol. The van der Waals surface area contributed by atoms with Gasteiger partial charge in [0, 0.05) is 18.4 Å². The number of ether oxygens (including phenoxy) is 2. The van der Waals surface area contributed by atoms with Crippen LogP contribution in [0.5, 0.6) is 5.75 Å². The third-order valence-electron chi connectivity index (χ3n) is 3.15. The van der Waals surface area contributed by atoms with Gasteiger partial charge in [-0.1, -0.05) is 6.07 Å². The number of hydrogen-bond acceptors (Lipinski definition) is 4. The summed E-state index contributed by atoms with van der Waals surface area (Å²) in [6.07, 6.45) is 1.56. The Morgan fingerprint density at radius 1 is 1.50 bits per heavy atom. The minimum absolute atomic E-state index is 0.203. The lowest BCUT2D eigenvalue weighted by atomic mass is 10.0. The van der Waals surface area contributed by atoms with Gasteiger partial charge in [0.2, 0.25) is 0 Å². The van der Waals surface area contributed by atoms with Gasteiger partial charge in [0.15, 0.2) is 6.61 Å². The zero-order valence-electron chi connectivity index (χ0n) is 11.2. The molecule has 1 atom stereocenters. The maximum Gasteiger partial charge on any atom is 0.341 e. The van der Waals surface area contributed by atoms with Crippen molar-refractivity contribution >= 4 is 17.6 Å². The van der Waals surface area contributed by atoms with Crippen molar-refractivity contribution in [3.05, 3.63) is 24.3 Å². The third-order valence-corrected chi connectivity index (χ3v) is 3.15. The topological polar surface area (TPSA) is 84.9 Å². The number of carboxylic acid groups (broad SMARTS) is 1. The fourth-order valence-electron chi connectivity index (χ4n) is 2.03. The molecule has 1 aromatic rings. The van der Waals surface area contributed by atoms with Gasteiger partial charge in [0.1, 0.15) is 11.4 Å². The Bertz CT molecular complexity index is 508. The number of carbonyl (C=O) groups excluding carboxylic acids is 1. The van der Waals surface area contributed by atoms with Crippen LogP contribution in [0.4, 0.5) is 5.69 Å². The minimum Gasteiger partial charge on any atom is -0.482 e. The number of benzene rings is 1. The molecular weight excluding hydrogens is 262 g/mol. The second kappa shape index (κ2) is 5.92. The van der Waals surface area contributed by atoms with Crippen LogP contribution in [0.3, 0.4) is 0 Å². The molecule has 0 radical (unpaired) electrons. The van der Waals surface area contributed by atoms with E-state index in [-0.39, 0.29) is 5.91 Å². The van der Waals surface area contributed by atoms with Gasteiger partial charge in [-0.25, -0.2) is 4.79 Å². The highest BCUT2D eigenvalue weighted by Gasteiger charge is 2.37. The molecule has 2 rings (SSSR count). The molecular formula is C14H17NO5. The molecule has 6 nitrogen and oxygen atoms in total. The van der Waals surface area contributed by atoms with Crippen molar-refractivity contribution in [2.75, 3.05) is 18.5 Å². The molecule has 0 spiro atoms. The molecule has 0 aromatic heterocycles. The first-order chi connectivity index (χ1) is 9.49. The molecule has 1 aliphatic heterocycles. The first-order valence-corrected chi connectivity index (χ1v) is 6.40. The van der Waals surface area contributed by atoms with Gasteiger partial charge in [-0.2, -0.15) is 0 Å². The van der Waals surface area contributed by atoms with Crippen molar-refractivity contribution in [1.82, 2.24) is 0 Å². The van der Waals surface area contributed by atoms with Gasteiger partial charge in [-0.3, -0.25) is 4.79 Å². The zero-order valence-corrected chi connectivity index (χ0v) is 11.2. The van der Waals surface area contributed by atoms with E-state index in [4.69, 9.17) is 14.6 Å². The first-order valence-electron chi connectivity index (χ1n) is 6.40. The summed E-state index contributed by atoms with van der Waals surface area (Å²) in [5.74, 6) is -0.862. The quantitative estimate of drug-likeness (QED) is 0.856. The van der Waals surface area contributed by atoms with Crippen LogP contribution in [0.2, 0.25) is 0 Å². The largest absolute Gasteiger partial charge is 0.482 e. The molecule has 20 heavy (non-hydrogen) atoms. The summed E-state index contributed by atoms with van der Waals surface area (Å²) in [5, 5.41) is 11.3. The summed E-state index contributed by atoms with van der Waals surface area (Å²) in [5.41, 5.74) is -0.243. The molecule has 108 valence electrons. The van der Waals surface area contributed by atoms with Crippen LogP contribution in [0, 0.1) is 0 Å². The fraction of sp³-hybridized carbons (Fsp3) is 0.429. The molecule has 0 saturated carbocycles. The number of aliphatic carboxylic acids is 1. The second-order valence-corrected chi connectivity index (χ2v) is 4.85. The molecule has 1 aromatic carbocycles. The lowest BCUT2D eigenvalue weighted by Crippen LogP contribution is -2.39. The standard InChI is InChI=1S/C14H17NO5/c1-14(6-3-7-20-14)13(18)15-10-4-2-5-11(8-10)19-9-12(16)17/h2,4-5,8H,3,6-7,9H2,1H3,(H,15,18)(H,16,17). The molecule has 2 N–H and O–H groups in total. The van der Waals surface area contributed by atoms with Crippen molar-refractivity contribution < 1.29 is 24.2 Å². The van der Waals surface area contributed by atoms with E-state index in [9.17, 15) is 9.59 Å². The molecule has 0 aliphatic carbocycles. The van der Waals surface area contributed by atoms with Crippen molar-refractivity contribution in [3.8, 4) is 5.75 Å². The summed E-state index contributed by atoms with van der Waals surface area (Å²) >= 11 is 0. The van der Waals surface area contributed by atoms with Crippen molar-refractivity contribution in [3.63, 3.8) is 0 Å². The van der Waals surface area contributed by atoms with E-state index in [1.54, 1.807) is 31.2 Å². The lowest BCUT2D eigenvalue weighted by Gasteiger charge is -2.22. The zero-order chi connectivity index (χ0) is 14.6. The average molecular weight is 279 g/mol. The third kappa shape index (κ3) is 3.48. The Balaban J connectivity index is 2.00. The fourth-order valence-corrected chi connectivity index (χ4v) is 2.03. The van der Waals surface area contributed by atoms with E-state index in [2.05, 4.69) is 5.32 Å². The highest BCUT2D eigenvalue weighted by molar-refractivity contribution is 5.97. The molecule has 1 heterocycles. The number of carbonyl (C=O) groups is 2. The summed E-state index contributed by atoms with van der Waals surface area (Å²) < 4.78 is 10.5. The van der Waals surface area contributed by atoms with E-state index >= 15 is 0 Å². The van der Waals surface area contributed by atoms with Crippen molar-refractivity contribution in [2.45, 2.75) is 25.4 Å².